The summed E-state index contributed by atoms with van der Waals surface area (Å²) in [6.07, 6.45) is -0.103. The molecule has 0 saturated heterocycles. The van der Waals surface area contributed by atoms with Crippen LogP contribution in [0.15, 0.2) is 48.5 Å². The molecule has 1 aliphatic heterocycles. The lowest BCUT2D eigenvalue weighted by Gasteiger charge is -2.29. The predicted molar refractivity (Wildman–Crippen MR) is 75.5 cm³/mol. The number of ketones is 1. The fraction of sp³-hybridized carbons (Fsp3) is 0.125. The van der Waals surface area contributed by atoms with Gasteiger partial charge in [-0.2, -0.15) is 0 Å². The van der Waals surface area contributed by atoms with E-state index in [1.54, 1.807) is 30.2 Å². The van der Waals surface area contributed by atoms with Crippen LogP contribution in [0.2, 0.25) is 0 Å². The first-order chi connectivity index (χ1) is 9.70. The van der Waals surface area contributed by atoms with Crippen LogP contribution in [0.1, 0.15) is 16.8 Å². The summed E-state index contributed by atoms with van der Waals surface area (Å²) in [4.78, 5) is 25.8. The van der Waals surface area contributed by atoms with E-state index in [2.05, 4.69) is 0 Å². The molecule has 1 amide bonds. The van der Waals surface area contributed by atoms with Gasteiger partial charge in [-0.25, -0.2) is 0 Å². The number of carbonyl (C=O) groups is 2. The predicted octanol–water partition coefficient (Wildman–Crippen LogP) is 2.95. The summed E-state index contributed by atoms with van der Waals surface area (Å²) in [5.74, 6) is 0.244. The van der Waals surface area contributed by atoms with E-state index in [1.807, 2.05) is 30.3 Å². The van der Waals surface area contributed by atoms with Crippen LogP contribution in [0.5, 0.6) is 5.75 Å². The summed E-state index contributed by atoms with van der Waals surface area (Å²) >= 11 is 0. The largest absolute Gasteiger partial charge is 0.497 e. The number of amides is 1. The minimum Gasteiger partial charge on any atom is -0.497 e. The second-order valence-corrected chi connectivity index (χ2v) is 4.55. The summed E-state index contributed by atoms with van der Waals surface area (Å²) < 4.78 is 5.19. The van der Waals surface area contributed by atoms with Crippen LogP contribution < -0.4 is 9.64 Å². The highest BCUT2D eigenvalue weighted by Gasteiger charge is 2.31. The minimum absolute atomic E-state index is 0.103. The topological polar surface area (TPSA) is 46.6 Å². The van der Waals surface area contributed by atoms with Crippen molar-refractivity contribution in [3.63, 3.8) is 0 Å². The third-order valence-corrected chi connectivity index (χ3v) is 3.32. The van der Waals surface area contributed by atoms with E-state index in [-0.39, 0.29) is 18.1 Å². The molecule has 0 N–H and O–H groups in total. The van der Waals surface area contributed by atoms with Gasteiger partial charge in [0.2, 0.25) is 5.91 Å². The molecule has 1 aliphatic rings. The molecule has 0 aliphatic carbocycles. The van der Waals surface area contributed by atoms with Gasteiger partial charge in [0.1, 0.15) is 5.75 Å². The monoisotopic (exact) mass is 267 g/mol. The number of benzene rings is 2. The highest BCUT2D eigenvalue weighted by atomic mass is 16.5. The SMILES string of the molecule is COc1ccc2c(c1)N(c1ccccc1)C(=O)CC2=O. The standard InChI is InChI=1S/C16H13NO3/c1-20-12-7-8-13-14(9-12)17(16(19)10-15(13)18)11-5-3-2-4-6-11/h2-9H,10H2,1H3. The average molecular weight is 267 g/mol. The molecule has 0 fully saturated rings. The summed E-state index contributed by atoms with van der Waals surface area (Å²) in [6.45, 7) is 0. The Morgan fingerprint density at radius 3 is 2.50 bits per heavy atom. The van der Waals surface area contributed by atoms with Crippen LogP contribution in [0.25, 0.3) is 0 Å². The van der Waals surface area contributed by atoms with Gasteiger partial charge in [-0.15, -0.1) is 0 Å². The maximum absolute atomic E-state index is 12.2. The molecule has 2 aromatic carbocycles. The second kappa shape index (κ2) is 4.81. The number of ether oxygens (including phenoxy) is 1. The third-order valence-electron chi connectivity index (χ3n) is 3.32. The Balaban J connectivity index is 2.19. The van der Waals surface area contributed by atoms with Gasteiger partial charge in [-0.05, 0) is 24.3 Å². The summed E-state index contributed by atoms with van der Waals surface area (Å²) in [5.41, 5.74) is 1.88. The van der Waals surface area contributed by atoms with Gasteiger partial charge in [0, 0.05) is 17.3 Å². The zero-order chi connectivity index (χ0) is 14.1. The first-order valence-corrected chi connectivity index (χ1v) is 6.30. The van der Waals surface area contributed by atoms with Gasteiger partial charge in [-0.1, -0.05) is 18.2 Å². The van der Waals surface area contributed by atoms with Gasteiger partial charge < -0.3 is 4.74 Å². The van der Waals surface area contributed by atoms with Crippen LogP contribution in [-0.2, 0) is 4.79 Å². The molecule has 0 atom stereocenters. The smallest absolute Gasteiger partial charge is 0.239 e. The van der Waals surface area contributed by atoms with Gasteiger partial charge in [0.05, 0.1) is 19.2 Å². The molecule has 1 heterocycles. The highest BCUT2D eigenvalue weighted by Crippen LogP contribution is 2.36. The van der Waals surface area contributed by atoms with Gasteiger partial charge in [0.15, 0.2) is 5.78 Å². The van der Waals surface area contributed by atoms with Crippen molar-refractivity contribution < 1.29 is 14.3 Å². The molecule has 2 aromatic rings. The highest BCUT2D eigenvalue weighted by molar-refractivity contribution is 6.22. The zero-order valence-electron chi connectivity index (χ0n) is 11.0. The Labute approximate surface area is 116 Å². The maximum Gasteiger partial charge on any atom is 0.239 e. The molecule has 3 rings (SSSR count). The van der Waals surface area contributed by atoms with E-state index in [1.165, 1.54) is 0 Å². The van der Waals surface area contributed by atoms with Crippen LogP contribution in [0.3, 0.4) is 0 Å². The molecule has 0 radical (unpaired) electrons. The molecular weight excluding hydrogens is 254 g/mol. The Bertz CT molecular complexity index is 679. The number of para-hydroxylation sites is 1. The molecule has 4 heteroatoms. The number of anilines is 2. The van der Waals surface area contributed by atoms with E-state index in [0.29, 0.717) is 17.0 Å². The first-order valence-electron chi connectivity index (χ1n) is 6.30. The van der Waals surface area contributed by atoms with Crippen LogP contribution in [0.4, 0.5) is 11.4 Å². The molecular formula is C16H13NO3. The average Bonchev–Trinajstić information content (AvgIpc) is 2.47. The minimum atomic E-state index is -0.220. The van der Waals surface area contributed by atoms with E-state index in [0.717, 1.165) is 5.69 Å². The first kappa shape index (κ1) is 12.4. The Kier molecular flexibility index (Phi) is 2.99. The van der Waals surface area contributed by atoms with Crippen LogP contribution in [0, 0.1) is 0 Å². The summed E-state index contributed by atoms with van der Waals surface area (Å²) in [5, 5.41) is 0. The molecule has 0 unspecified atom stereocenters. The molecule has 0 aromatic heterocycles. The number of Topliss-reactive ketones (excluding diaryl/α,β-unsaturated/α-hetero) is 1. The number of fused-ring (bicyclic) bond motifs is 1. The summed E-state index contributed by atoms with van der Waals surface area (Å²) in [7, 11) is 1.56. The van der Waals surface area contributed by atoms with Gasteiger partial charge in [-0.3, -0.25) is 14.5 Å². The molecule has 4 nitrogen and oxygen atoms in total. The number of hydrogen-bond acceptors (Lipinski definition) is 3. The fourth-order valence-electron chi connectivity index (χ4n) is 2.37. The van der Waals surface area contributed by atoms with Crippen LogP contribution in [-0.4, -0.2) is 18.8 Å². The van der Waals surface area contributed by atoms with Gasteiger partial charge in [0.25, 0.3) is 0 Å². The normalized spacial score (nSPS) is 14.2. The van der Waals surface area contributed by atoms with Crippen molar-refractivity contribution in [2.45, 2.75) is 6.42 Å². The molecule has 100 valence electrons. The number of carbonyl (C=O) groups excluding carboxylic acids is 2. The lowest BCUT2D eigenvalue weighted by molar-refractivity contribution is -0.117. The third kappa shape index (κ3) is 1.95. The second-order valence-electron chi connectivity index (χ2n) is 4.55. The van der Waals surface area contributed by atoms with Crippen molar-refractivity contribution in [2.24, 2.45) is 0 Å². The quantitative estimate of drug-likeness (QED) is 0.786. The van der Waals surface area contributed by atoms with Crippen molar-refractivity contribution >= 4 is 23.1 Å². The lowest BCUT2D eigenvalue weighted by atomic mass is 9.99. The Hall–Kier alpha value is -2.62. The molecule has 20 heavy (non-hydrogen) atoms. The number of rotatable bonds is 2. The van der Waals surface area contributed by atoms with E-state index < -0.39 is 0 Å². The lowest BCUT2D eigenvalue weighted by Crippen LogP contribution is -2.33. The fourth-order valence-corrected chi connectivity index (χ4v) is 2.37. The Morgan fingerprint density at radius 2 is 1.80 bits per heavy atom. The Morgan fingerprint density at radius 1 is 1.05 bits per heavy atom. The molecule has 0 bridgehead atoms. The van der Waals surface area contributed by atoms with E-state index in [4.69, 9.17) is 4.74 Å². The molecule has 0 spiro atoms. The summed E-state index contributed by atoms with van der Waals surface area (Å²) in [6, 6.07) is 14.5. The van der Waals surface area contributed by atoms with Crippen molar-refractivity contribution in [3.8, 4) is 5.75 Å². The molecule has 0 saturated carbocycles. The number of nitrogens with zero attached hydrogens (tertiary/aromatic N) is 1. The van der Waals surface area contributed by atoms with Gasteiger partial charge >= 0.3 is 0 Å². The van der Waals surface area contributed by atoms with Crippen molar-refractivity contribution in [2.75, 3.05) is 12.0 Å². The number of hydrogen-bond donors (Lipinski definition) is 0. The van der Waals surface area contributed by atoms with Crippen molar-refractivity contribution in [3.05, 3.63) is 54.1 Å². The van der Waals surface area contributed by atoms with E-state index >= 15 is 0 Å². The maximum atomic E-state index is 12.2. The number of methoxy groups -OCH3 is 1. The van der Waals surface area contributed by atoms with Crippen molar-refractivity contribution in [1.29, 1.82) is 0 Å². The van der Waals surface area contributed by atoms with Crippen molar-refractivity contribution in [1.82, 2.24) is 0 Å². The zero-order valence-corrected chi connectivity index (χ0v) is 11.0. The van der Waals surface area contributed by atoms with Crippen LogP contribution >= 0.6 is 0 Å². The van der Waals surface area contributed by atoms with E-state index in [9.17, 15) is 9.59 Å².